The van der Waals surface area contributed by atoms with Crippen LogP contribution in [0, 0.1) is 11.7 Å². The molecule has 2 aromatic carbocycles. The predicted octanol–water partition coefficient (Wildman–Crippen LogP) is 6.90. The smallest absolute Gasteiger partial charge is 0.224 e. The van der Waals surface area contributed by atoms with Crippen molar-refractivity contribution < 1.29 is 13.9 Å². The molecule has 0 atom stereocenters. The molecule has 1 amide bonds. The fraction of sp³-hybridized carbons (Fsp3) is 0.235. The predicted molar refractivity (Wildman–Crippen MR) is 172 cm³/mol. The van der Waals surface area contributed by atoms with E-state index in [0.717, 1.165) is 50.8 Å². The van der Waals surface area contributed by atoms with Gasteiger partial charge in [0.1, 0.15) is 23.9 Å². The van der Waals surface area contributed by atoms with Crippen molar-refractivity contribution in [3.63, 3.8) is 0 Å². The summed E-state index contributed by atoms with van der Waals surface area (Å²) >= 11 is 0. The van der Waals surface area contributed by atoms with Crippen LogP contribution in [0.25, 0.3) is 55.6 Å². The van der Waals surface area contributed by atoms with Crippen molar-refractivity contribution in [1.29, 1.82) is 0 Å². The Morgan fingerprint density at radius 2 is 1.84 bits per heavy atom. The van der Waals surface area contributed by atoms with Crippen LogP contribution in [0.15, 0.2) is 73.2 Å². The standard InChI is InChI=1S/C34H34FN7O2/c1-20(2)10-32(43)38-25-12-22(17-36-19-25)23-14-29-33(40-41-34(29)37-18-23)31-16-28-27(6-5-7-30(28)39-31)21-11-24(35)15-26(13-21)44-9-8-42(3)4/h5-7,11-20,39H,8-10H2,1-4H3,(H,38,43)(H,37,40,41). The minimum atomic E-state index is -0.356. The van der Waals surface area contributed by atoms with Gasteiger partial charge >= 0.3 is 0 Å². The van der Waals surface area contributed by atoms with Crippen molar-refractivity contribution >= 4 is 33.5 Å². The number of carbonyl (C=O) groups is 1. The highest BCUT2D eigenvalue weighted by Crippen LogP contribution is 2.36. The summed E-state index contributed by atoms with van der Waals surface area (Å²) < 4.78 is 20.5. The quantitative estimate of drug-likeness (QED) is 0.160. The number of amides is 1. The van der Waals surface area contributed by atoms with E-state index >= 15 is 0 Å². The van der Waals surface area contributed by atoms with Gasteiger partial charge in [0.05, 0.1) is 17.6 Å². The van der Waals surface area contributed by atoms with Gasteiger partial charge in [-0.25, -0.2) is 9.37 Å². The number of fused-ring (bicyclic) bond motifs is 2. The second-order valence-electron chi connectivity index (χ2n) is 11.6. The highest BCUT2D eigenvalue weighted by Gasteiger charge is 2.16. The fourth-order valence-corrected chi connectivity index (χ4v) is 5.20. The van der Waals surface area contributed by atoms with Crippen molar-refractivity contribution in [3.05, 3.63) is 79.0 Å². The lowest BCUT2D eigenvalue weighted by molar-refractivity contribution is -0.116. The Bertz CT molecular complexity index is 1960. The minimum Gasteiger partial charge on any atom is -0.492 e. The number of pyridine rings is 2. The number of H-pyrrole nitrogens is 2. The van der Waals surface area contributed by atoms with Gasteiger partial charge in [-0.1, -0.05) is 26.0 Å². The summed E-state index contributed by atoms with van der Waals surface area (Å²) in [6.45, 7) is 5.20. The molecule has 0 bridgehead atoms. The molecule has 224 valence electrons. The number of nitrogens with zero attached hydrogens (tertiary/aromatic N) is 4. The molecule has 9 nitrogen and oxygen atoms in total. The lowest BCUT2D eigenvalue weighted by Gasteiger charge is -2.12. The van der Waals surface area contributed by atoms with Gasteiger partial charge in [0.2, 0.25) is 5.91 Å². The molecule has 0 fully saturated rings. The zero-order valence-electron chi connectivity index (χ0n) is 25.1. The van der Waals surface area contributed by atoms with Crippen LogP contribution < -0.4 is 10.1 Å². The van der Waals surface area contributed by atoms with Gasteiger partial charge in [0, 0.05) is 58.8 Å². The topological polar surface area (TPSA) is 112 Å². The molecule has 10 heteroatoms. The number of nitrogens with one attached hydrogen (secondary N) is 3. The molecule has 0 saturated heterocycles. The molecule has 3 N–H and O–H groups in total. The average Bonchev–Trinajstić information content (AvgIpc) is 3.60. The average molecular weight is 592 g/mol. The van der Waals surface area contributed by atoms with E-state index in [9.17, 15) is 9.18 Å². The third kappa shape index (κ3) is 6.30. The molecule has 44 heavy (non-hydrogen) atoms. The van der Waals surface area contributed by atoms with Crippen LogP contribution in [0.2, 0.25) is 0 Å². The van der Waals surface area contributed by atoms with Crippen molar-refractivity contribution in [2.45, 2.75) is 20.3 Å². The first-order valence-electron chi connectivity index (χ1n) is 14.5. The SMILES string of the molecule is CC(C)CC(=O)Nc1cncc(-c2cnc3[nH]nc(-c4cc5c(-c6cc(F)cc(OCCN(C)C)c6)cccc5[nH]4)c3c2)c1. The van der Waals surface area contributed by atoms with Gasteiger partial charge in [-0.15, -0.1) is 0 Å². The number of rotatable bonds is 10. The Hall–Kier alpha value is -5.09. The normalized spacial score (nSPS) is 11.6. The molecule has 0 aliphatic heterocycles. The number of halogens is 1. The lowest BCUT2D eigenvalue weighted by Crippen LogP contribution is -2.19. The summed E-state index contributed by atoms with van der Waals surface area (Å²) in [4.78, 5) is 26.7. The lowest BCUT2D eigenvalue weighted by atomic mass is 10.0. The molecular weight excluding hydrogens is 557 g/mol. The van der Waals surface area contributed by atoms with Crippen LogP contribution in [0.4, 0.5) is 10.1 Å². The summed E-state index contributed by atoms with van der Waals surface area (Å²) in [6, 6.07) is 16.6. The summed E-state index contributed by atoms with van der Waals surface area (Å²) in [5, 5.41) is 12.3. The zero-order chi connectivity index (χ0) is 30.8. The first kappa shape index (κ1) is 29.0. The second-order valence-corrected chi connectivity index (χ2v) is 11.6. The number of likely N-dealkylation sites (N-methyl/N-ethyl adjacent to an activating group) is 1. The number of ether oxygens (including phenoxy) is 1. The molecular formula is C34H34FN7O2. The molecule has 6 aromatic rings. The maximum absolute atomic E-state index is 14.7. The van der Waals surface area contributed by atoms with Crippen molar-refractivity contribution in [2.75, 3.05) is 32.6 Å². The minimum absolute atomic E-state index is 0.0471. The van der Waals surface area contributed by atoms with Crippen LogP contribution in [-0.4, -0.2) is 63.2 Å². The van der Waals surface area contributed by atoms with Crippen LogP contribution >= 0.6 is 0 Å². The molecule has 4 heterocycles. The molecule has 6 rings (SSSR count). The molecule has 0 unspecified atom stereocenters. The molecule has 0 radical (unpaired) electrons. The molecule has 4 aromatic heterocycles. The third-order valence-electron chi connectivity index (χ3n) is 7.27. The number of aromatic nitrogens is 5. The van der Waals surface area contributed by atoms with Crippen LogP contribution in [0.3, 0.4) is 0 Å². The third-order valence-corrected chi connectivity index (χ3v) is 7.27. The van der Waals surface area contributed by atoms with Gasteiger partial charge in [-0.2, -0.15) is 5.10 Å². The Labute approximate surface area is 254 Å². The molecule has 0 aliphatic carbocycles. The van der Waals surface area contributed by atoms with E-state index in [1.54, 1.807) is 18.6 Å². The van der Waals surface area contributed by atoms with Crippen LogP contribution in [-0.2, 0) is 4.79 Å². The van der Waals surface area contributed by atoms with Crippen molar-refractivity contribution in [3.8, 4) is 39.4 Å². The van der Waals surface area contributed by atoms with Gasteiger partial charge in [-0.3, -0.25) is 14.9 Å². The highest BCUT2D eigenvalue weighted by atomic mass is 19.1. The van der Waals surface area contributed by atoms with Gasteiger partial charge < -0.3 is 19.9 Å². The summed E-state index contributed by atoms with van der Waals surface area (Å²) in [5.74, 6) is 0.347. The number of hydrogen-bond acceptors (Lipinski definition) is 6. The molecule has 0 spiro atoms. The first-order chi connectivity index (χ1) is 21.2. The monoisotopic (exact) mass is 591 g/mol. The Morgan fingerprint density at radius 3 is 2.66 bits per heavy atom. The van der Waals surface area contributed by atoms with Gasteiger partial charge in [-0.05, 0) is 67.5 Å². The maximum atomic E-state index is 14.7. The first-order valence-corrected chi connectivity index (χ1v) is 14.5. The molecule has 0 aliphatic rings. The second kappa shape index (κ2) is 12.3. The van der Waals surface area contributed by atoms with E-state index in [-0.39, 0.29) is 17.6 Å². The van der Waals surface area contributed by atoms with Crippen molar-refractivity contribution in [1.82, 2.24) is 30.0 Å². The van der Waals surface area contributed by atoms with Crippen molar-refractivity contribution in [2.24, 2.45) is 5.92 Å². The van der Waals surface area contributed by atoms with E-state index in [0.29, 0.717) is 35.8 Å². The largest absolute Gasteiger partial charge is 0.492 e. The van der Waals surface area contributed by atoms with Gasteiger partial charge in [0.25, 0.3) is 0 Å². The number of benzene rings is 2. The highest BCUT2D eigenvalue weighted by molar-refractivity contribution is 6.01. The van der Waals surface area contributed by atoms with E-state index < -0.39 is 0 Å². The van der Waals surface area contributed by atoms with E-state index in [2.05, 4.69) is 30.5 Å². The molecule has 0 saturated carbocycles. The number of aromatic amines is 2. The van der Waals surface area contributed by atoms with Gasteiger partial charge in [0.15, 0.2) is 5.65 Å². The number of carbonyl (C=O) groups excluding carboxylic acids is 1. The summed E-state index contributed by atoms with van der Waals surface area (Å²) in [6.07, 6.45) is 5.57. The summed E-state index contributed by atoms with van der Waals surface area (Å²) in [7, 11) is 3.93. The van der Waals surface area contributed by atoms with Crippen LogP contribution in [0.1, 0.15) is 20.3 Å². The Balaban J connectivity index is 1.33. The fourth-order valence-electron chi connectivity index (χ4n) is 5.20. The Kier molecular flexibility index (Phi) is 8.08. The maximum Gasteiger partial charge on any atom is 0.224 e. The van der Waals surface area contributed by atoms with E-state index in [4.69, 9.17) is 4.74 Å². The zero-order valence-corrected chi connectivity index (χ0v) is 25.1. The van der Waals surface area contributed by atoms with Crippen LogP contribution in [0.5, 0.6) is 5.75 Å². The summed E-state index contributed by atoms with van der Waals surface area (Å²) in [5.41, 5.74) is 6.93. The number of hydrogen-bond donors (Lipinski definition) is 3. The van der Waals surface area contributed by atoms with E-state index in [1.807, 2.05) is 75.3 Å². The number of anilines is 1. The Morgan fingerprint density at radius 1 is 1.00 bits per heavy atom. The van der Waals surface area contributed by atoms with E-state index in [1.165, 1.54) is 12.1 Å².